The van der Waals surface area contributed by atoms with Crippen molar-refractivity contribution in [2.24, 2.45) is 11.8 Å². The van der Waals surface area contributed by atoms with Crippen molar-refractivity contribution in [2.75, 3.05) is 5.32 Å². The van der Waals surface area contributed by atoms with Gasteiger partial charge in [-0.3, -0.25) is 4.79 Å². The molecular formula is C13H17NO3S. The number of aryl methyl sites for hydroxylation is 1. The molecule has 1 aromatic rings. The Morgan fingerprint density at radius 3 is 2.50 bits per heavy atom. The molecule has 1 aromatic heterocycles. The number of carbonyl (C=O) groups is 2. The van der Waals surface area contributed by atoms with Gasteiger partial charge in [-0.15, -0.1) is 11.3 Å². The number of rotatable bonds is 4. The quantitative estimate of drug-likeness (QED) is 0.881. The van der Waals surface area contributed by atoms with Crippen molar-refractivity contribution in [3.05, 3.63) is 16.0 Å². The number of hydrogen-bond donors (Lipinski definition) is 2. The number of thiophene rings is 1. The van der Waals surface area contributed by atoms with E-state index in [0.29, 0.717) is 10.9 Å². The average molecular weight is 267 g/mol. The summed E-state index contributed by atoms with van der Waals surface area (Å²) in [6.45, 7) is 5.54. The predicted molar refractivity (Wildman–Crippen MR) is 71.3 cm³/mol. The first kappa shape index (κ1) is 13.1. The lowest BCUT2D eigenvalue weighted by Gasteiger charge is -2.10. The highest BCUT2D eigenvalue weighted by atomic mass is 32.1. The largest absolute Gasteiger partial charge is 0.478 e. The lowest BCUT2D eigenvalue weighted by atomic mass is 10.1. The van der Waals surface area contributed by atoms with Gasteiger partial charge in [0.2, 0.25) is 5.91 Å². The topological polar surface area (TPSA) is 66.4 Å². The Bertz CT molecular complexity index is 503. The summed E-state index contributed by atoms with van der Waals surface area (Å²) in [6.07, 6.45) is 2.20. The van der Waals surface area contributed by atoms with E-state index in [1.165, 1.54) is 11.3 Å². The number of hydrogen-bond acceptors (Lipinski definition) is 3. The maximum atomic E-state index is 12.0. The molecule has 0 spiro atoms. The van der Waals surface area contributed by atoms with Crippen LogP contribution in [-0.4, -0.2) is 17.0 Å². The highest BCUT2D eigenvalue weighted by Gasteiger charge is 2.33. The number of carboxylic acids is 1. The van der Waals surface area contributed by atoms with Crippen molar-refractivity contribution in [1.29, 1.82) is 0 Å². The maximum absolute atomic E-state index is 12.0. The number of carboxylic acid groups (broad SMARTS) is 1. The van der Waals surface area contributed by atoms with Crippen LogP contribution in [0.1, 0.15) is 40.6 Å². The monoisotopic (exact) mass is 267 g/mol. The van der Waals surface area contributed by atoms with Gasteiger partial charge in [-0.1, -0.05) is 6.92 Å². The van der Waals surface area contributed by atoms with Crippen molar-refractivity contribution in [2.45, 2.75) is 33.6 Å². The van der Waals surface area contributed by atoms with Crippen LogP contribution in [0.25, 0.3) is 0 Å². The average Bonchev–Trinajstić information content (AvgIpc) is 3.07. The molecule has 1 unspecified atom stereocenters. The van der Waals surface area contributed by atoms with E-state index >= 15 is 0 Å². The Morgan fingerprint density at radius 1 is 1.39 bits per heavy atom. The fourth-order valence-electron chi connectivity index (χ4n) is 2.01. The third kappa shape index (κ3) is 2.41. The Hall–Kier alpha value is -1.36. The molecule has 4 nitrogen and oxygen atoms in total. The van der Waals surface area contributed by atoms with Gasteiger partial charge in [0.15, 0.2) is 0 Å². The van der Waals surface area contributed by atoms with E-state index in [1.54, 1.807) is 6.92 Å². The zero-order chi connectivity index (χ0) is 13.4. The summed E-state index contributed by atoms with van der Waals surface area (Å²) in [5, 5.41) is 12.4. The fourth-order valence-corrected chi connectivity index (χ4v) is 3.06. The third-order valence-electron chi connectivity index (χ3n) is 3.58. The minimum absolute atomic E-state index is 0.0330. The molecule has 1 fully saturated rings. The number of nitrogens with one attached hydrogen (secondary N) is 1. The van der Waals surface area contributed by atoms with E-state index in [-0.39, 0.29) is 17.4 Å². The number of amides is 1. The molecule has 1 heterocycles. The normalized spacial score (nSPS) is 16.4. The lowest BCUT2D eigenvalue weighted by Crippen LogP contribution is -2.22. The Labute approximate surface area is 110 Å². The van der Waals surface area contributed by atoms with Crippen LogP contribution >= 0.6 is 11.3 Å². The van der Waals surface area contributed by atoms with E-state index in [9.17, 15) is 14.7 Å². The first-order valence-electron chi connectivity index (χ1n) is 6.06. The van der Waals surface area contributed by atoms with Crippen molar-refractivity contribution in [3.63, 3.8) is 0 Å². The highest BCUT2D eigenvalue weighted by molar-refractivity contribution is 7.16. The van der Waals surface area contributed by atoms with Crippen LogP contribution in [0.3, 0.4) is 0 Å². The van der Waals surface area contributed by atoms with Crippen LogP contribution in [0.5, 0.6) is 0 Å². The fraction of sp³-hybridized carbons (Fsp3) is 0.538. The zero-order valence-corrected chi connectivity index (χ0v) is 11.6. The highest BCUT2D eigenvalue weighted by Crippen LogP contribution is 2.38. The second-order valence-corrected chi connectivity index (χ2v) is 6.13. The van der Waals surface area contributed by atoms with E-state index in [4.69, 9.17) is 0 Å². The van der Waals surface area contributed by atoms with Crippen LogP contribution in [-0.2, 0) is 4.79 Å². The molecule has 5 heteroatoms. The molecule has 0 radical (unpaired) electrons. The van der Waals surface area contributed by atoms with Gasteiger partial charge in [-0.2, -0.15) is 0 Å². The number of carbonyl (C=O) groups excluding carboxylic acids is 1. The molecule has 0 aromatic carbocycles. The number of anilines is 1. The second kappa shape index (κ2) is 4.72. The van der Waals surface area contributed by atoms with Gasteiger partial charge in [0.05, 0.1) is 5.56 Å². The van der Waals surface area contributed by atoms with Gasteiger partial charge >= 0.3 is 5.97 Å². The zero-order valence-electron chi connectivity index (χ0n) is 10.7. The number of aromatic carboxylic acids is 1. The molecule has 2 rings (SSSR count). The van der Waals surface area contributed by atoms with Gasteiger partial charge < -0.3 is 10.4 Å². The Morgan fingerprint density at radius 2 is 2.00 bits per heavy atom. The van der Waals surface area contributed by atoms with Gasteiger partial charge in [0.25, 0.3) is 0 Å². The summed E-state index contributed by atoms with van der Waals surface area (Å²) in [5.41, 5.74) is 0.968. The summed E-state index contributed by atoms with van der Waals surface area (Å²) >= 11 is 1.33. The van der Waals surface area contributed by atoms with Gasteiger partial charge in [0.1, 0.15) is 5.00 Å². The molecule has 0 saturated heterocycles. The van der Waals surface area contributed by atoms with Crippen molar-refractivity contribution in [1.82, 2.24) is 0 Å². The van der Waals surface area contributed by atoms with Crippen LogP contribution in [0.4, 0.5) is 5.00 Å². The smallest absolute Gasteiger partial charge is 0.338 e. The Balaban J connectivity index is 2.20. The predicted octanol–water partition coefficient (Wildman–Crippen LogP) is 3.05. The first-order valence-corrected chi connectivity index (χ1v) is 6.87. The van der Waals surface area contributed by atoms with Crippen LogP contribution in [0, 0.1) is 25.7 Å². The van der Waals surface area contributed by atoms with Crippen LogP contribution in [0.2, 0.25) is 0 Å². The van der Waals surface area contributed by atoms with E-state index < -0.39 is 5.97 Å². The van der Waals surface area contributed by atoms with Crippen LogP contribution < -0.4 is 5.32 Å². The summed E-state index contributed by atoms with van der Waals surface area (Å²) in [7, 11) is 0. The minimum atomic E-state index is -0.980. The van der Waals surface area contributed by atoms with Crippen LogP contribution in [0.15, 0.2) is 0 Å². The Kier molecular flexibility index (Phi) is 3.43. The molecule has 2 N–H and O–H groups in total. The van der Waals surface area contributed by atoms with Gasteiger partial charge in [0, 0.05) is 10.8 Å². The summed E-state index contributed by atoms with van der Waals surface area (Å²) in [4.78, 5) is 24.1. The second-order valence-electron chi connectivity index (χ2n) is 4.91. The molecule has 0 aliphatic heterocycles. The molecule has 18 heavy (non-hydrogen) atoms. The molecular weight excluding hydrogens is 250 g/mol. The molecule has 0 bridgehead atoms. The van der Waals surface area contributed by atoms with Crippen molar-refractivity contribution >= 4 is 28.2 Å². The van der Waals surface area contributed by atoms with E-state index in [2.05, 4.69) is 5.32 Å². The molecule has 1 saturated carbocycles. The molecule has 1 amide bonds. The molecule has 1 aliphatic rings. The minimum Gasteiger partial charge on any atom is -0.478 e. The first-order chi connectivity index (χ1) is 8.41. The summed E-state index contributed by atoms with van der Waals surface area (Å²) in [5.74, 6) is -0.609. The SMILES string of the molecule is Cc1sc(NC(=O)C(C)C2CC2)c(C(=O)O)c1C. The summed E-state index contributed by atoms with van der Waals surface area (Å²) in [6, 6.07) is 0. The van der Waals surface area contributed by atoms with E-state index in [0.717, 1.165) is 23.3 Å². The third-order valence-corrected chi connectivity index (χ3v) is 4.70. The van der Waals surface area contributed by atoms with E-state index in [1.807, 2.05) is 13.8 Å². The lowest BCUT2D eigenvalue weighted by molar-refractivity contribution is -0.119. The maximum Gasteiger partial charge on any atom is 0.338 e. The molecule has 1 atom stereocenters. The standard InChI is InChI=1S/C13H17NO3S/c1-6-8(3)18-12(10(6)13(16)17)14-11(15)7(2)9-4-5-9/h7,9H,4-5H2,1-3H3,(H,14,15)(H,16,17). The molecule has 1 aliphatic carbocycles. The van der Waals surface area contributed by atoms with Gasteiger partial charge in [-0.05, 0) is 38.2 Å². The molecule has 98 valence electrons. The summed E-state index contributed by atoms with van der Waals surface area (Å²) < 4.78 is 0. The van der Waals surface area contributed by atoms with Gasteiger partial charge in [-0.25, -0.2) is 4.79 Å². The van der Waals surface area contributed by atoms with Crippen molar-refractivity contribution < 1.29 is 14.7 Å². The van der Waals surface area contributed by atoms with Crippen molar-refractivity contribution in [3.8, 4) is 0 Å².